The average Bonchev–Trinajstić information content (AvgIpc) is 2.04. The molecule has 0 aromatic carbocycles. The molecule has 0 fully saturated rings. The summed E-state index contributed by atoms with van der Waals surface area (Å²) in [4.78, 5) is 0. The van der Waals surface area contributed by atoms with Gasteiger partial charge in [0, 0.05) is 0 Å². The SMILES string of the molecule is CCOP(=O)(OCC)O[P+](=O)C#N. The van der Waals surface area contributed by atoms with Crippen molar-refractivity contribution in [2.24, 2.45) is 0 Å². The lowest BCUT2D eigenvalue weighted by Gasteiger charge is -2.08. The molecule has 0 bridgehead atoms. The minimum absolute atomic E-state index is 0.0892. The second kappa shape index (κ2) is 6.20. The molecule has 0 aliphatic heterocycles. The van der Waals surface area contributed by atoms with Crippen LogP contribution in [0.2, 0.25) is 0 Å². The van der Waals surface area contributed by atoms with Crippen molar-refractivity contribution in [1.29, 1.82) is 5.26 Å². The van der Waals surface area contributed by atoms with Crippen LogP contribution in [0.5, 0.6) is 0 Å². The highest BCUT2D eigenvalue weighted by atomic mass is 31.2. The van der Waals surface area contributed by atoms with E-state index >= 15 is 0 Å². The molecule has 0 N–H and O–H groups in total. The van der Waals surface area contributed by atoms with Crippen molar-refractivity contribution < 1.29 is 22.5 Å². The molecule has 0 saturated carbocycles. The molecule has 0 saturated heterocycles. The smallest absolute Gasteiger partial charge is 0.285 e. The van der Waals surface area contributed by atoms with Gasteiger partial charge in [0.25, 0.3) is 0 Å². The largest absolute Gasteiger partial charge is 0.642 e. The molecule has 0 amide bonds. The first-order valence-corrected chi connectivity index (χ1v) is 6.17. The topological polar surface area (TPSA) is 85.6 Å². The van der Waals surface area contributed by atoms with Crippen molar-refractivity contribution in [2.75, 3.05) is 13.2 Å². The number of phosphoric acid groups is 1. The summed E-state index contributed by atoms with van der Waals surface area (Å²) in [6, 6.07) is 0. The highest BCUT2D eigenvalue weighted by Crippen LogP contribution is 2.55. The van der Waals surface area contributed by atoms with Gasteiger partial charge >= 0.3 is 21.7 Å². The number of rotatable bonds is 6. The maximum Gasteiger partial charge on any atom is 0.642 e. The van der Waals surface area contributed by atoms with Crippen molar-refractivity contribution in [3.63, 3.8) is 0 Å². The summed E-state index contributed by atoms with van der Waals surface area (Å²) in [7, 11) is -6.45. The Hall–Kier alpha value is -0.300. The summed E-state index contributed by atoms with van der Waals surface area (Å²) in [6.45, 7) is 3.33. The molecule has 0 aliphatic carbocycles. The summed E-state index contributed by atoms with van der Waals surface area (Å²) in [6.07, 6.45) is 0. The highest BCUT2D eigenvalue weighted by Gasteiger charge is 2.38. The van der Waals surface area contributed by atoms with Crippen LogP contribution in [-0.2, 0) is 22.5 Å². The zero-order valence-electron chi connectivity index (χ0n) is 7.30. The van der Waals surface area contributed by atoms with Crippen LogP contribution < -0.4 is 0 Å². The lowest BCUT2D eigenvalue weighted by atomic mass is 10.9. The molecule has 0 aromatic heterocycles. The molecule has 1 atom stereocenters. The summed E-state index contributed by atoms with van der Waals surface area (Å²) in [5.41, 5.74) is 0. The Morgan fingerprint density at radius 2 is 1.85 bits per heavy atom. The molecule has 0 aliphatic rings. The van der Waals surface area contributed by atoms with E-state index in [-0.39, 0.29) is 13.2 Å². The van der Waals surface area contributed by atoms with Crippen molar-refractivity contribution in [2.45, 2.75) is 13.8 Å². The average molecular weight is 226 g/mol. The first-order valence-electron chi connectivity index (χ1n) is 3.53. The van der Waals surface area contributed by atoms with Crippen molar-refractivity contribution in [3.05, 3.63) is 0 Å². The van der Waals surface area contributed by atoms with E-state index in [0.29, 0.717) is 0 Å². The molecule has 0 aromatic rings. The Bertz CT molecular complexity index is 250. The maximum absolute atomic E-state index is 11.4. The van der Waals surface area contributed by atoms with E-state index in [4.69, 9.17) is 5.26 Å². The van der Waals surface area contributed by atoms with Crippen molar-refractivity contribution >= 4 is 15.9 Å². The van der Waals surface area contributed by atoms with E-state index in [1.165, 1.54) is 5.81 Å². The first kappa shape index (κ1) is 12.7. The lowest BCUT2D eigenvalue weighted by Crippen LogP contribution is -1.95. The van der Waals surface area contributed by atoms with Gasteiger partial charge in [-0.05, 0) is 22.7 Å². The van der Waals surface area contributed by atoms with Crippen LogP contribution in [-0.4, -0.2) is 13.2 Å². The Morgan fingerprint density at radius 1 is 1.38 bits per heavy atom. The Labute approximate surface area is 77.3 Å². The second-order valence-electron chi connectivity index (χ2n) is 1.72. The predicted octanol–water partition coefficient (Wildman–Crippen LogP) is 2.41. The second-order valence-corrected chi connectivity index (χ2v) is 4.50. The van der Waals surface area contributed by atoms with Crippen LogP contribution in [0, 0.1) is 11.1 Å². The molecule has 1 unspecified atom stereocenters. The van der Waals surface area contributed by atoms with Gasteiger partial charge in [0.05, 0.1) is 13.2 Å². The van der Waals surface area contributed by atoms with Gasteiger partial charge in [-0.3, -0.25) is 9.05 Å². The summed E-state index contributed by atoms with van der Waals surface area (Å²) in [5.74, 6) is 1.29. The molecule has 8 heteroatoms. The molecule has 0 spiro atoms. The molecule has 74 valence electrons. The molecule has 13 heavy (non-hydrogen) atoms. The number of hydrogen-bond acceptors (Lipinski definition) is 6. The number of nitriles is 1. The predicted molar refractivity (Wildman–Crippen MR) is 45.2 cm³/mol. The van der Waals surface area contributed by atoms with E-state index in [1.54, 1.807) is 13.8 Å². The van der Waals surface area contributed by atoms with Crippen LogP contribution in [0.25, 0.3) is 0 Å². The normalized spacial score (nSPS) is 12.2. The number of phosphoric ester groups is 1. The Kier molecular flexibility index (Phi) is 6.06. The monoisotopic (exact) mass is 226 g/mol. The van der Waals surface area contributed by atoms with E-state index in [9.17, 15) is 9.13 Å². The summed E-state index contributed by atoms with van der Waals surface area (Å²) >= 11 is 0. The first-order chi connectivity index (χ1) is 6.08. The standard InChI is InChI=1S/C5H10NO5P2/c1-3-9-13(8,10-4-2)11-12(7)5-6/h3-4H2,1-2H3/q+1. The third kappa shape index (κ3) is 5.09. The third-order valence-electron chi connectivity index (χ3n) is 0.830. The molecular formula is C5H10NO5P2+. The van der Waals surface area contributed by atoms with Gasteiger partial charge in [-0.15, -0.1) is 5.26 Å². The van der Waals surface area contributed by atoms with Crippen LogP contribution in [0.3, 0.4) is 0 Å². The van der Waals surface area contributed by atoms with Crippen LogP contribution >= 0.6 is 15.9 Å². The third-order valence-corrected chi connectivity index (χ3v) is 3.54. The molecular weight excluding hydrogens is 216 g/mol. The fourth-order valence-corrected chi connectivity index (χ4v) is 2.47. The van der Waals surface area contributed by atoms with E-state index in [0.717, 1.165) is 0 Å². The van der Waals surface area contributed by atoms with Gasteiger partial charge in [0.2, 0.25) is 0 Å². The number of hydrogen-bond donors (Lipinski definition) is 0. The molecule has 0 rings (SSSR count). The molecule has 0 radical (unpaired) electrons. The van der Waals surface area contributed by atoms with Gasteiger partial charge in [-0.1, -0.05) is 0 Å². The zero-order valence-corrected chi connectivity index (χ0v) is 9.09. The van der Waals surface area contributed by atoms with Crippen LogP contribution in [0.15, 0.2) is 0 Å². The van der Waals surface area contributed by atoms with Gasteiger partial charge in [-0.2, -0.15) is 0 Å². The van der Waals surface area contributed by atoms with Crippen LogP contribution in [0.1, 0.15) is 13.8 Å². The van der Waals surface area contributed by atoms with Crippen molar-refractivity contribution in [3.8, 4) is 5.81 Å². The highest BCUT2D eigenvalue weighted by molar-refractivity contribution is 7.60. The molecule has 0 heterocycles. The zero-order chi connectivity index (χ0) is 10.3. The lowest BCUT2D eigenvalue weighted by molar-refractivity contribution is 0.171. The minimum Gasteiger partial charge on any atom is -0.285 e. The Balaban J connectivity index is 4.34. The fourth-order valence-electron chi connectivity index (χ4n) is 0.510. The summed E-state index contributed by atoms with van der Waals surface area (Å²) in [5, 5.41) is 8.14. The minimum atomic E-state index is -3.80. The van der Waals surface area contributed by atoms with Gasteiger partial charge in [0.1, 0.15) is 0 Å². The Morgan fingerprint density at radius 3 is 2.15 bits per heavy atom. The maximum atomic E-state index is 11.4. The summed E-state index contributed by atoms with van der Waals surface area (Å²) < 4.78 is 35.6. The molecule has 6 nitrogen and oxygen atoms in total. The van der Waals surface area contributed by atoms with Crippen molar-refractivity contribution in [1.82, 2.24) is 0 Å². The van der Waals surface area contributed by atoms with Gasteiger partial charge in [-0.25, -0.2) is 4.57 Å². The van der Waals surface area contributed by atoms with Gasteiger partial charge < -0.3 is 0 Å². The van der Waals surface area contributed by atoms with Crippen LogP contribution in [0.4, 0.5) is 0 Å². The quantitative estimate of drug-likeness (QED) is 0.646. The van der Waals surface area contributed by atoms with E-state index in [1.807, 2.05) is 0 Å². The van der Waals surface area contributed by atoms with Gasteiger partial charge in [0.15, 0.2) is 0 Å². The number of nitrogens with zero attached hydrogens (tertiary/aromatic N) is 1. The van der Waals surface area contributed by atoms with E-state index < -0.39 is 15.9 Å². The van der Waals surface area contributed by atoms with E-state index in [2.05, 4.69) is 13.4 Å². The fraction of sp³-hybridized carbons (Fsp3) is 0.800.